The van der Waals surface area contributed by atoms with E-state index in [1.807, 2.05) is 0 Å². The van der Waals surface area contributed by atoms with E-state index in [-0.39, 0.29) is 13.2 Å². The number of imidazole rings is 1. The molecule has 3 N–H and O–H groups in total. The van der Waals surface area contributed by atoms with Crippen molar-refractivity contribution >= 4 is 0 Å². The van der Waals surface area contributed by atoms with Gasteiger partial charge in [-0.15, -0.1) is 0 Å². The molecular weight excluding hydrogens is 160 g/mol. The van der Waals surface area contributed by atoms with Gasteiger partial charge in [0.25, 0.3) is 0 Å². The van der Waals surface area contributed by atoms with Gasteiger partial charge in [0.05, 0.1) is 37.9 Å². The van der Waals surface area contributed by atoms with E-state index in [0.717, 1.165) is 0 Å². The van der Waals surface area contributed by atoms with Crippen LogP contribution in [0.4, 0.5) is 0 Å². The molecule has 1 unspecified atom stereocenters. The summed E-state index contributed by atoms with van der Waals surface area (Å²) < 4.78 is 1.62. The lowest BCUT2D eigenvalue weighted by molar-refractivity contribution is 0.0811. The van der Waals surface area contributed by atoms with Gasteiger partial charge in [-0.05, 0) is 0 Å². The van der Waals surface area contributed by atoms with Crippen LogP contribution in [-0.2, 0) is 13.2 Å². The molecule has 0 radical (unpaired) electrons. The van der Waals surface area contributed by atoms with Crippen LogP contribution in [-0.4, -0.2) is 37.6 Å². The lowest BCUT2D eigenvalue weighted by Gasteiger charge is -2.06. The number of hydrogen-bond acceptors (Lipinski definition) is 4. The molecule has 0 amide bonds. The van der Waals surface area contributed by atoms with Crippen molar-refractivity contribution in [3.05, 3.63) is 18.2 Å². The molecule has 0 fully saturated rings. The van der Waals surface area contributed by atoms with E-state index in [4.69, 9.17) is 15.3 Å². The van der Waals surface area contributed by atoms with E-state index in [1.165, 1.54) is 6.33 Å². The maximum Gasteiger partial charge on any atom is 0.0951 e. The maximum absolute atomic E-state index is 9.03. The van der Waals surface area contributed by atoms with Gasteiger partial charge in [-0.3, -0.25) is 0 Å². The minimum absolute atomic E-state index is 0.109. The first-order chi connectivity index (χ1) is 5.76. The average Bonchev–Trinajstić information content (AvgIpc) is 2.52. The van der Waals surface area contributed by atoms with E-state index in [0.29, 0.717) is 12.2 Å². The van der Waals surface area contributed by atoms with Crippen LogP contribution in [0.25, 0.3) is 0 Å². The Bertz CT molecular complexity index is 236. The molecule has 1 atom stereocenters. The first kappa shape index (κ1) is 9.18. The van der Waals surface area contributed by atoms with Crippen LogP contribution in [0.2, 0.25) is 0 Å². The SMILES string of the molecule is OCc1cn(CC(O)CO)cn1. The molecule has 0 aromatic carbocycles. The Labute approximate surface area is 69.9 Å². The summed E-state index contributed by atoms with van der Waals surface area (Å²) in [6.07, 6.45) is 2.36. The summed E-state index contributed by atoms with van der Waals surface area (Å²) in [6.45, 7) is -0.0850. The average molecular weight is 172 g/mol. The maximum atomic E-state index is 9.03. The number of aliphatic hydroxyl groups is 3. The van der Waals surface area contributed by atoms with Gasteiger partial charge in [0, 0.05) is 6.20 Å². The fourth-order valence-corrected chi connectivity index (χ4v) is 0.889. The summed E-state index contributed by atoms with van der Waals surface area (Å²) in [7, 11) is 0. The summed E-state index contributed by atoms with van der Waals surface area (Å²) >= 11 is 0. The fraction of sp³-hybridized carbons (Fsp3) is 0.571. The van der Waals surface area contributed by atoms with Crippen LogP contribution < -0.4 is 0 Å². The second kappa shape index (κ2) is 4.20. The highest BCUT2D eigenvalue weighted by molar-refractivity contribution is 4.94. The Morgan fingerprint density at radius 3 is 2.75 bits per heavy atom. The highest BCUT2D eigenvalue weighted by Gasteiger charge is 2.03. The first-order valence-corrected chi connectivity index (χ1v) is 3.66. The van der Waals surface area contributed by atoms with Crippen molar-refractivity contribution in [1.82, 2.24) is 9.55 Å². The molecule has 1 rings (SSSR count). The van der Waals surface area contributed by atoms with Crippen molar-refractivity contribution in [3.63, 3.8) is 0 Å². The predicted octanol–water partition coefficient (Wildman–Crippen LogP) is -1.27. The highest BCUT2D eigenvalue weighted by Crippen LogP contribution is 1.97. The summed E-state index contributed by atoms with van der Waals surface area (Å²) in [5.74, 6) is 0. The summed E-state index contributed by atoms with van der Waals surface area (Å²) in [5, 5.41) is 26.2. The van der Waals surface area contributed by atoms with E-state index in [2.05, 4.69) is 4.98 Å². The van der Waals surface area contributed by atoms with Crippen molar-refractivity contribution < 1.29 is 15.3 Å². The Morgan fingerprint density at radius 2 is 2.25 bits per heavy atom. The monoisotopic (exact) mass is 172 g/mol. The number of hydrogen-bond donors (Lipinski definition) is 3. The predicted molar refractivity (Wildman–Crippen MR) is 41.2 cm³/mol. The Morgan fingerprint density at radius 1 is 1.50 bits per heavy atom. The van der Waals surface area contributed by atoms with Crippen LogP contribution in [0.1, 0.15) is 5.69 Å². The van der Waals surface area contributed by atoms with Gasteiger partial charge in [0.2, 0.25) is 0 Å². The van der Waals surface area contributed by atoms with Crippen molar-refractivity contribution in [1.29, 1.82) is 0 Å². The van der Waals surface area contributed by atoms with E-state index in [9.17, 15) is 0 Å². The standard InChI is InChI=1S/C7H12N2O3/c10-3-6-1-9(5-8-6)2-7(12)4-11/h1,5,7,10-12H,2-4H2. The third-order valence-electron chi connectivity index (χ3n) is 1.48. The Hall–Kier alpha value is -0.910. The van der Waals surface area contributed by atoms with Crippen LogP contribution in [0, 0.1) is 0 Å². The number of aromatic nitrogens is 2. The second-order valence-electron chi connectivity index (χ2n) is 2.56. The molecule has 0 spiro atoms. The molecule has 0 bridgehead atoms. The molecule has 5 nitrogen and oxygen atoms in total. The van der Waals surface area contributed by atoms with Crippen molar-refractivity contribution in [2.75, 3.05) is 6.61 Å². The number of rotatable bonds is 4. The molecule has 68 valence electrons. The molecule has 0 saturated heterocycles. The molecule has 1 heterocycles. The van der Waals surface area contributed by atoms with Crippen LogP contribution in [0.15, 0.2) is 12.5 Å². The van der Waals surface area contributed by atoms with E-state index < -0.39 is 6.10 Å². The Kier molecular flexibility index (Phi) is 3.21. The summed E-state index contributed by atoms with van der Waals surface area (Å²) in [4.78, 5) is 3.84. The van der Waals surface area contributed by atoms with Crippen LogP contribution in [0.3, 0.4) is 0 Å². The molecule has 12 heavy (non-hydrogen) atoms. The van der Waals surface area contributed by atoms with Gasteiger partial charge in [-0.2, -0.15) is 0 Å². The van der Waals surface area contributed by atoms with Gasteiger partial charge in [-0.25, -0.2) is 4.98 Å². The molecule has 0 aliphatic carbocycles. The topological polar surface area (TPSA) is 78.5 Å². The van der Waals surface area contributed by atoms with Crippen molar-refractivity contribution in [2.24, 2.45) is 0 Å². The second-order valence-corrected chi connectivity index (χ2v) is 2.56. The molecule has 1 aromatic heterocycles. The van der Waals surface area contributed by atoms with E-state index in [1.54, 1.807) is 10.8 Å². The van der Waals surface area contributed by atoms with E-state index >= 15 is 0 Å². The lowest BCUT2D eigenvalue weighted by atomic mass is 10.4. The van der Waals surface area contributed by atoms with Crippen LogP contribution in [0.5, 0.6) is 0 Å². The smallest absolute Gasteiger partial charge is 0.0951 e. The fourth-order valence-electron chi connectivity index (χ4n) is 0.889. The van der Waals surface area contributed by atoms with Gasteiger partial charge >= 0.3 is 0 Å². The molecular formula is C7H12N2O3. The van der Waals surface area contributed by atoms with Gasteiger partial charge in [0.15, 0.2) is 0 Å². The molecule has 0 aliphatic rings. The zero-order valence-electron chi connectivity index (χ0n) is 6.59. The third-order valence-corrected chi connectivity index (χ3v) is 1.48. The summed E-state index contributed by atoms with van der Waals surface area (Å²) in [6, 6.07) is 0. The lowest BCUT2D eigenvalue weighted by Crippen LogP contribution is -2.18. The summed E-state index contributed by atoms with van der Waals surface area (Å²) in [5.41, 5.74) is 0.556. The molecule has 1 aromatic rings. The highest BCUT2D eigenvalue weighted by atomic mass is 16.3. The first-order valence-electron chi connectivity index (χ1n) is 3.66. The van der Waals surface area contributed by atoms with Gasteiger partial charge in [-0.1, -0.05) is 0 Å². The van der Waals surface area contributed by atoms with Crippen molar-refractivity contribution in [2.45, 2.75) is 19.3 Å². The van der Waals surface area contributed by atoms with Crippen molar-refractivity contribution in [3.8, 4) is 0 Å². The van der Waals surface area contributed by atoms with Crippen LogP contribution >= 0.6 is 0 Å². The molecule has 0 saturated carbocycles. The Balaban J connectivity index is 2.52. The van der Waals surface area contributed by atoms with Gasteiger partial charge < -0.3 is 19.9 Å². The quantitative estimate of drug-likeness (QED) is 0.529. The minimum atomic E-state index is -0.772. The third kappa shape index (κ3) is 2.30. The van der Waals surface area contributed by atoms with Gasteiger partial charge in [0.1, 0.15) is 0 Å². The number of nitrogens with zero attached hydrogens (tertiary/aromatic N) is 2. The number of aliphatic hydroxyl groups excluding tert-OH is 3. The minimum Gasteiger partial charge on any atom is -0.394 e. The zero-order valence-corrected chi connectivity index (χ0v) is 6.59. The molecule has 0 aliphatic heterocycles. The largest absolute Gasteiger partial charge is 0.394 e. The molecule has 5 heteroatoms. The normalized spacial score (nSPS) is 13.2. The zero-order chi connectivity index (χ0) is 8.97.